The highest BCUT2D eigenvalue weighted by Gasteiger charge is 2.13. The molecule has 0 atom stereocenters. The van der Waals surface area contributed by atoms with Gasteiger partial charge in [-0.3, -0.25) is 5.32 Å². The van der Waals surface area contributed by atoms with Crippen LogP contribution in [0.3, 0.4) is 0 Å². The second-order valence-electron chi connectivity index (χ2n) is 4.80. The van der Waals surface area contributed by atoms with Crippen LogP contribution < -0.4 is 5.32 Å². The SMILES string of the molecule is COC(=O)Nc1ccc(Cl)c(-c2nc3ccc(C)cc3o2)c1. The Labute approximate surface area is 131 Å². The summed E-state index contributed by atoms with van der Waals surface area (Å²) in [5, 5.41) is 3.07. The number of halogens is 1. The Kier molecular flexibility index (Phi) is 3.73. The number of rotatable bonds is 2. The van der Waals surface area contributed by atoms with Gasteiger partial charge in [-0.15, -0.1) is 0 Å². The fourth-order valence-electron chi connectivity index (χ4n) is 2.08. The third-order valence-corrected chi connectivity index (χ3v) is 3.50. The van der Waals surface area contributed by atoms with Crippen molar-refractivity contribution in [2.24, 2.45) is 0 Å². The van der Waals surface area contributed by atoms with Crippen LogP contribution in [0.25, 0.3) is 22.6 Å². The smallest absolute Gasteiger partial charge is 0.411 e. The van der Waals surface area contributed by atoms with Crippen molar-refractivity contribution < 1.29 is 13.9 Å². The van der Waals surface area contributed by atoms with Crippen molar-refractivity contribution in [2.75, 3.05) is 12.4 Å². The van der Waals surface area contributed by atoms with Crippen LogP contribution in [-0.2, 0) is 4.74 Å². The summed E-state index contributed by atoms with van der Waals surface area (Å²) in [4.78, 5) is 15.7. The molecule has 112 valence electrons. The van der Waals surface area contributed by atoms with Crippen LogP contribution in [0.15, 0.2) is 40.8 Å². The molecular weight excluding hydrogens is 304 g/mol. The number of oxazole rings is 1. The molecule has 0 saturated carbocycles. The van der Waals surface area contributed by atoms with Crippen molar-refractivity contribution in [3.8, 4) is 11.5 Å². The minimum atomic E-state index is -0.554. The van der Waals surface area contributed by atoms with Gasteiger partial charge in [0.15, 0.2) is 5.58 Å². The van der Waals surface area contributed by atoms with Gasteiger partial charge < -0.3 is 9.15 Å². The van der Waals surface area contributed by atoms with Crippen LogP contribution in [-0.4, -0.2) is 18.2 Å². The minimum Gasteiger partial charge on any atom is -0.453 e. The highest BCUT2D eigenvalue weighted by atomic mass is 35.5. The third kappa shape index (κ3) is 2.76. The average molecular weight is 317 g/mol. The number of hydrogen-bond donors (Lipinski definition) is 1. The summed E-state index contributed by atoms with van der Waals surface area (Å²) in [6.07, 6.45) is -0.554. The van der Waals surface area contributed by atoms with E-state index in [1.165, 1.54) is 7.11 Å². The summed E-state index contributed by atoms with van der Waals surface area (Å²) in [6.45, 7) is 1.98. The maximum atomic E-state index is 11.3. The van der Waals surface area contributed by atoms with E-state index in [2.05, 4.69) is 15.0 Å². The number of aromatic nitrogens is 1. The number of nitrogens with one attached hydrogen (secondary N) is 1. The highest BCUT2D eigenvalue weighted by Crippen LogP contribution is 2.32. The number of ether oxygens (including phenoxy) is 1. The fraction of sp³-hybridized carbons (Fsp3) is 0.125. The second kappa shape index (κ2) is 5.69. The second-order valence-corrected chi connectivity index (χ2v) is 5.21. The lowest BCUT2D eigenvalue weighted by atomic mass is 10.2. The summed E-state index contributed by atoms with van der Waals surface area (Å²) in [5.74, 6) is 0.402. The highest BCUT2D eigenvalue weighted by molar-refractivity contribution is 6.33. The lowest BCUT2D eigenvalue weighted by molar-refractivity contribution is 0.187. The zero-order valence-corrected chi connectivity index (χ0v) is 12.8. The molecule has 0 bridgehead atoms. The van der Waals surface area contributed by atoms with E-state index in [0.717, 1.165) is 11.1 Å². The van der Waals surface area contributed by atoms with Crippen molar-refractivity contribution >= 4 is 34.5 Å². The van der Waals surface area contributed by atoms with Crippen LogP contribution in [0.1, 0.15) is 5.56 Å². The van der Waals surface area contributed by atoms with Gasteiger partial charge in [-0.05, 0) is 42.8 Å². The number of amides is 1. The van der Waals surface area contributed by atoms with Gasteiger partial charge in [-0.25, -0.2) is 9.78 Å². The van der Waals surface area contributed by atoms with E-state index in [0.29, 0.717) is 27.7 Å². The van der Waals surface area contributed by atoms with Crippen LogP contribution in [0.2, 0.25) is 5.02 Å². The first-order chi connectivity index (χ1) is 10.6. The molecular formula is C16H13ClN2O3. The number of fused-ring (bicyclic) bond motifs is 1. The van der Waals surface area contributed by atoms with E-state index in [1.807, 2.05) is 25.1 Å². The molecule has 0 fully saturated rings. The quantitative estimate of drug-likeness (QED) is 0.748. The molecule has 3 aromatic rings. The molecule has 1 aromatic heterocycles. The number of aryl methyl sites for hydroxylation is 1. The van der Waals surface area contributed by atoms with Gasteiger partial charge in [0.25, 0.3) is 0 Å². The first kappa shape index (κ1) is 14.4. The molecule has 2 aromatic carbocycles. The molecule has 1 N–H and O–H groups in total. The van der Waals surface area contributed by atoms with Crippen molar-refractivity contribution in [2.45, 2.75) is 6.92 Å². The number of carbonyl (C=O) groups is 1. The molecule has 22 heavy (non-hydrogen) atoms. The number of anilines is 1. The maximum Gasteiger partial charge on any atom is 0.411 e. The molecule has 1 heterocycles. The van der Waals surface area contributed by atoms with E-state index in [4.69, 9.17) is 16.0 Å². The zero-order chi connectivity index (χ0) is 15.7. The van der Waals surface area contributed by atoms with Crippen molar-refractivity contribution in [3.05, 3.63) is 47.0 Å². The van der Waals surface area contributed by atoms with Crippen molar-refractivity contribution in [3.63, 3.8) is 0 Å². The van der Waals surface area contributed by atoms with Gasteiger partial charge in [0, 0.05) is 5.69 Å². The van der Waals surface area contributed by atoms with Gasteiger partial charge in [-0.2, -0.15) is 0 Å². The van der Waals surface area contributed by atoms with E-state index in [1.54, 1.807) is 18.2 Å². The monoisotopic (exact) mass is 316 g/mol. The third-order valence-electron chi connectivity index (χ3n) is 3.17. The number of nitrogens with zero attached hydrogens (tertiary/aromatic N) is 1. The van der Waals surface area contributed by atoms with E-state index in [9.17, 15) is 4.79 Å². The Balaban J connectivity index is 2.04. The molecule has 3 rings (SSSR count). The van der Waals surface area contributed by atoms with E-state index >= 15 is 0 Å². The van der Waals surface area contributed by atoms with Crippen LogP contribution in [0.4, 0.5) is 10.5 Å². The molecule has 0 unspecified atom stereocenters. The topological polar surface area (TPSA) is 64.4 Å². The summed E-state index contributed by atoms with van der Waals surface area (Å²) in [7, 11) is 1.30. The van der Waals surface area contributed by atoms with Crippen LogP contribution in [0, 0.1) is 6.92 Å². The first-order valence-electron chi connectivity index (χ1n) is 6.59. The Morgan fingerprint density at radius 1 is 1.27 bits per heavy atom. The Bertz CT molecular complexity index is 858. The molecule has 5 nitrogen and oxygen atoms in total. The molecule has 0 saturated heterocycles. The molecule has 0 spiro atoms. The largest absolute Gasteiger partial charge is 0.453 e. The summed E-state index contributed by atoms with van der Waals surface area (Å²) >= 11 is 6.22. The lowest BCUT2D eigenvalue weighted by Crippen LogP contribution is -2.10. The van der Waals surface area contributed by atoms with Crippen LogP contribution in [0.5, 0.6) is 0 Å². The maximum absolute atomic E-state index is 11.3. The predicted octanol–water partition coefficient (Wildman–Crippen LogP) is 4.63. The Morgan fingerprint density at radius 3 is 2.86 bits per heavy atom. The first-order valence-corrected chi connectivity index (χ1v) is 6.96. The normalized spacial score (nSPS) is 10.7. The van der Waals surface area contributed by atoms with Gasteiger partial charge >= 0.3 is 6.09 Å². The van der Waals surface area contributed by atoms with Gasteiger partial charge in [0.2, 0.25) is 5.89 Å². The Hall–Kier alpha value is -2.53. The van der Waals surface area contributed by atoms with Gasteiger partial charge in [-0.1, -0.05) is 17.7 Å². The number of benzene rings is 2. The fourth-order valence-corrected chi connectivity index (χ4v) is 2.28. The lowest BCUT2D eigenvalue weighted by Gasteiger charge is -2.06. The van der Waals surface area contributed by atoms with Gasteiger partial charge in [0.1, 0.15) is 5.52 Å². The minimum absolute atomic E-state index is 0.402. The molecule has 1 amide bonds. The summed E-state index contributed by atoms with van der Waals surface area (Å²) < 4.78 is 10.3. The van der Waals surface area contributed by atoms with Crippen molar-refractivity contribution in [1.29, 1.82) is 0 Å². The molecule has 0 radical (unpaired) electrons. The molecule has 0 aliphatic carbocycles. The molecule has 0 aliphatic heterocycles. The number of methoxy groups -OCH3 is 1. The summed E-state index contributed by atoms with van der Waals surface area (Å²) in [5.41, 5.74) is 3.68. The zero-order valence-electron chi connectivity index (χ0n) is 12.0. The van der Waals surface area contributed by atoms with E-state index < -0.39 is 6.09 Å². The van der Waals surface area contributed by atoms with Gasteiger partial charge in [0.05, 0.1) is 17.7 Å². The van der Waals surface area contributed by atoms with Crippen molar-refractivity contribution in [1.82, 2.24) is 4.98 Å². The van der Waals surface area contributed by atoms with Crippen LogP contribution >= 0.6 is 11.6 Å². The standard InChI is InChI=1S/C16H13ClN2O3/c1-9-3-6-13-14(7-9)22-15(19-13)11-8-10(4-5-12(11)17)18-16(20)21-2/h3-8H,1-2H3,(H,18,20). The average Bonchev–Trinajstić information content (AvgIpc) is 2.91. The molecule has 6 heteroatoms. The molecule has 0 aliphatic rings. The Morgan fingerprint density at radius 2 is 2.09 bits per heavy atom. The van der Waals surface area contributed by atoms with E-state index in [-0.39, 0.29) is 0 Å². The summed E-state index contributed by atoms with van der Waals surface area (Å²) in [6, 6.07) is 10.8. The predicted molar refractivity (Wildman–Crippen MR) is 85.2 cm³/mol. The number of hydrogen-bond acceptors (Lipinski definition) is 4. The number of carbonyl (C=O) groups excluding carboxylic acids is 1.